The van der Waals surface area contributed by atoms with Crippen LogP contribution in [-0.4, -0.2) is 63.5 Å². The van der Waals surface area contributed by atoms with E-state index < -0.39 is 18.2 Å². The lowest BCUT2D eigenvalue weighted by Crippen LogP contribution is -2.52. The van der Waals surface area contributed by atoms with Crippen molar-refractivity contribution in [1.82, 2.24) is 25.5 Å². The van der Waals surface area contributed by atoms with Crippen LogP contribution >= 0.6 is 0 Å². The summed E-state index contributed by atoms with van der Waals surface area (Å²) in [6.07, 6.45) is 2.56. The number of pyridine rings is 2. The van der Waals surface area contributed by atoms with Crippen molar-refractivity contribution < 1.29 is 24.5 Å². The fourth-order valence-electron chi connectivity index (χ4n) is 6.93. The van der Waals surface area contributed by atoms with E-state index in [1.54, 1.807) is 18.3 Å². The molecule has 0 spiro atoms. The Morgan fingerprint density at radius 1 is 0.980 bits per heavy atom. The second-order valence-electron chi connectivity index (χ2n) is 13.0. The first-order chi connectivity index (χ1) is 24.4. The van der Waals surface area contributed by atoms with E-state index in [1.165, 1.54) is 12.1 Å². The summed E-state index contributed by atoms with van der Waals surface area (Å²) in [7, 11) is 0. The highest BCUT2D eigenvalue weighted by Gasteiger charge is 2.37. The Balaban J connectivity index is 0.939. The first-order valence-corrected chi connectivity index (χ1v) is 17.0. The molecule has 3 saturated heterocycles. The smallest absolute Gasteiger partial charge is 0.408 e. The molecule has 5 heterocycles. The Kier molecular flexibility index (Phi) is 10.1. The number of H-pyrrole nitrogens is 1. The number of aromatic nitrogens is 2. The molecule has 11 heteroatoms. The van der Waals surface area contributed by atoms with Crippen LogP contribution in [0.25, 0.3) is 10.9 Å². The summed E-state index contributed by atoms with van der Waals surface area (Å²) in [5, 5.41) is 27.9. The topological polar surface area (TPSA) is 149 Å². The molecular formula is C39H41N5O6. The van der Waals surface area contributed by atoms with E-state index in [0.717, 1.165) is 54.9 Å². The number of hydrogen-bond donors (Lipinski definition) is 5. The SMILES string of the molecule is O=C(NC(c1ccccc1)c1cccc(OCc2ccc(CNCC(O)c3ccc(O)c4[nH]c(=O)ccc34)nc2)c1)OC1CN2CCC1CC2. The summed E-state index contributed by atoms with van der Waals surface area (Å²) in [4.78, 5) is 34.4. The number of amides is 1. The number of aromatic amines is 1. The zero-order valence-corrected chi connectivity index (χ0v) is 27.6. The fourth-order valence-corrected chi connectivity index (χ4v) is 6.93. The van der Waals surface area contributed by atoms with E-state index in [1.807, 2.05) is 66.7 Å². The van der Waals surface area contributed by atoms with Gasteiger partial charge in [0.1, 0.15) is 24.2 Å². The molecule has 3 aliphatic heterocycles. The third-order valence-electron chi connectivity index (χ3n) is 9.64. The van der Waals surface area contributed by atoms with E-state index in [9.17, 15) is 19.8 Å². The second kappa shape index (κ2) is 15.1. The van der Waals surface area contributed by atoms with Gasteiger partial charge in [0, 0.05) is 42.8 Å². The quantitative estimate of drug-likeness (QED) is 0.124. The number of rotatable bonds is 12. The van der Waals surface area contributed by atoms with Gasteiger partial charge in [-0.05, 0) is 78.9 Å². The molecule has 50 heavy (non-hydrogen) atoms. The van der Waals surface area contributed by atoms with Crippen molar-refractivity contribution in [2.24, 2.45) is 5.92 Å². The van der Waals surface area contributed by atoms with Crippen molar-refractivity contribution in [3.05, 3.63) is 135 Å². The number of benzene rings is 3. The van der Waals surface area contributed by atoms with Crippen molar-refractivity contribution in [1.29, 1.82) is 0 Å². The highest BCUT2D eigenvalue weighted by Crippen LogP contribution is 2.31. The summed E-state index contributed by atoms with van der Waals surface area (Å²) in [5.41, 5.74) is 4.09. The molecule has 3 fully saturated rings. The fraction of sp³-hybridized carbons (Fsp3) is 0.308. The highest BCUT2D eigenvalue weighted by molar-refractivity contribution is 5.87. The van der Waals surface area contributed by atoms with Gasteiger partial charge >= 0.3 is 6.09 Å². The lowest BCUT2D eigenvalue weighted by molar-refractivity contribution is -0.0336. The predicted octanol–water partition coefficient (Wildman–Crippen LogP) is 4.94. The number of phenolic OH excluding ortho intramolecular Hbond substituents is 1. The summed E-state index contributed by atoms with van der Waals surface area (Å²) >= 11 is 0. The molecule has 3 unspecified atom stereocenters. The first kappa shape index (κ1) is 33.3. The Bertz CT molecular complexity index is 1980. The summed E-state index contributed by atoms with van der Waals surface area (Å²) < 4.78 is 12.1. The standard InChI is InChI=1S/C39H41N5O6/c45-33-13-11-31(32-12-14-36(47)42-38(32)33)34(46)22-40-21-29-10-9-25(20-41-29)24-49-30-8-4-7-28(19-30)37(27-5-2-1-3-6-27)43-39(48)50-35-23-44-17-15-26(35)16-18-44/h1-14,19-20,26,34-35,37,40,45-46H,15-18,21-24H2,(H,42,47)(H,43,48). The average Bonchev–Trinajstić information content (AvgIpc) is 3.15. The third-order valence-corrected chi connectivity index (χ3v) is 9.64. The number of phenols is 1. The van der Waals surface area contributed by atoms with Crippen LogP contribution < -0.4 is 20.9 Å². The molecule has 0 aliphatic carbocycles. The van der Waals surface area contributed by atoms with Gasteiger partial charge in [-0.15, -0.1) is 0 Å². The van der Waals surface area contributed by atoms with Crippen molar-refractivity contribution in [2.75, 3.05) is 26.2 Å². The summed E-state index contributed by atoms with van der Waals surface area (Å²) in [6.45, 7) is 3.96. The predicted molar refractivity (Wildman–Crippen MR) is 189 cm³/mol. The van der Waals surface area contributed by atoms with E-state index in [0.29, 0.717) is 41.3 Å². The number of alkyl carbamates (subject to hydrolysis) is 1. The summed E-state index contributed by atoms with van der Waals surface area (Å²) in [6, 6.07) is 27.1. The minimum absolute atomic E-state index is 0.0485. The third kappa shape index (κ3) is 7.81. The van der Waals surface area contributed by atoms with Gasteiger partial charge in [-0.3, -0.25) is 14.7 Å². The van der Waals surface area contributed by atoms with Gasteiger partial charge in [0.25, 0.3) is 0 Å². The largest absolute Gasteiger partial charge is 0.506 e. The number of carbonyl (C=O) groups is 1. The van der Waals surface area contributed by atoms with Crippen molar-refractivity contribution in [3.63, 3.8) is 0 Å². The Morgan fingerprint density at radius 3 is 2.56 bits per heavy atom. The number of hydrogen-bond acceptors (Lipinski definition) is 9. The van der Waals surface area contributed by atoms with Crippen LogP contribution in [0.15, 0.2) is 102 Å². The minimum Gasteiger partial charge on any atom is -0.506 e. The molecule has 5 N–H and O–H groups in total. The molecule has 258 valence electrons. The van der Waals surface area contributed by atoms with Gasteiger partial charge in [-0.1, -0.05) is 54.6 Å². The van der Waals surface area contributed by atoms with Crippen LogP contribution in [0.4, 0.5) is 4.79 Å². The molecule has 3 atom stereocenters. The molecule has 5 aromatic rings. The van der Waals surface area contributed by atoms with Crippen LogP contribution in [0.1, 0.15) is 52.9 Å². The van der Waals surface area contributed by atoms with Gasteiger partial charge in [0.2, 0.25) is 5.56 Å². The number of aromatic hydroxyl groups is 1. The first-order valence-electron chi connectivity index (χ1n) is 17.0. The molecule has 2 aromatic heterocycles. The number of fused-ring (bicyclic) bond motifs is 4. The molecule has 3 aromatic carbocycles. The number of aliphatic hydroxyl groups excluding tert-OH is 1. The van der Waals surface area contributed by atoms with Crippen LogP contribution in [0.5, 0.6) is 11.5 Å². The molecular weight excluding hydrogens is 634 g/mol. The molecule has 0 saturated carbocycles. The normalized spacial score (nSPS) is 19.5. The van der Waals surface area contributed by atoms with Gasteiger partial charge in [0.15, 0.2) is 0 Å². The van der Waals surface area contributed by atoms with E-state index in [4.69, 9.17) is 9.47 Å². The van der Waals surface area contributed by atoms with Gasteiger partial charge in [-0.2, -0.15) is 0 Å². The number of piperidine rings is 3. The highest BCUT2D eigenvalue weighted by atomic mass is 16.6. The van der Waals surface area contributed by atoms with Gasteiger partial charge in [-0.25, -0.2) is 4.79 Å². The average molecular weight is 676 g/mol. The Labute approximate surface area is 289 Å². The molecule has 0 radical (unpaired) electrons. The molecule has 2 bridgehead atoms. The van der Waals surface area contributed by atoms with Gasteiger partial charge in [0.05, 0.1) is 23.4 Å². The van der Waals surface area contributed by atoms with Crippen molar-refractivity contribution >= 4 is 17.0 Å². The Morgan fingerprint density at radius 2 is 1.80 bits per heavy atom. The van der Waals surface area contributed by atoms with E-state index >= 15 is 0 Å². The number of ether oxygens (including phenoxy) is 2. The van der Waals surface area contributed by atoms with Crippen LogP contribution in [0, 0.1) is 5.92 Å². The maximum absolute atomic E-state index is 13.2. The number of aliphatic hydroxyl groups is 1. The zero-order valence-electron chi connectivity index (χ0n) is 27.6. The van der Waals surface area contributed by atoms with Crippen LogP contribution in [-0.2, 0) is 17.9 Å². The van der Waals surface area contributed by atoms with Crippen LogP contribution in [0.3, 0.4) is 0 Å². The number of nitrogens with one attached hydrogen (secondary N) is 3. The lowest BCUT2D eigenvalue weighted by Gasteiger charge is -2.43. The maximum Gasteiger partial charge on any atom is 0.408 e. The van der Waals surface area contributed by atoms with Gasteiger partial charge < -0.3 is 35.3 Å². The molecule has 1 amide bonds. The Hall–Kier alpha value is -5.23. The number of nitrogens with zero attached hydrogens (tertiary/aromatic N) is 2. The van der Waals surface area contributed by atoms with Crippen molar-refractivity contribution in [3.8, 4) is 11.5 Å². The van der Waals surface area contributed by atoms with Crippen LogP contribution in [0.2, 0.25) is 0 Å². The maximum atomic E-state index is 13.2. The molecule has 3 aliphatic rings. The molecule has 11 nitrogen and oxygen atoms in total. The van der Waals surface area contributed by atoms with E-state index in [2.05, 4.69) is 25.5 Å². The molecule has 8 rings (SSSR count). The van der Waals surface area contributed by atoms with E-state index in [-0.39, 0.29) is 24.0 Å². The minimum atomic E-state index is -0.861. The lowest BCUT2D eigenvalue weighted by atomic mass is 9.86. The summed E-state index contributed by atoms with van der Waals surface area (Å²) in [5.74, 6) is 1.05. The van der Waals surface area contributed by atoms with Crippen molar-refractivity contribution in [2.45, 2.75) is 44.2 Å². The second-order valence-corrected chi connectivity index (χ2v) is 13.0. The zero-order chi connectivity index (χ0) is 34.5. The monoisotopic (exact) mass is 675 g/mol. The number of carbonyl (C=O) groups excluding carboxylic acids is 1.